The van der Waals surface area contributed by atoms with Crippen LogP contribution in [0.2, 0.25) is 10.0 Å². The summed E-state index contributed by atoms with van der Waals surface area (Å²) in [6, 6.07) is 22.0. The van der Waals surface area contributed by atoms with Gasteiger partial charge in [-0.1, -0.05) is 53.2 Å². The van der Waals surface area contributed by atoms with Crippen LogP contribution in [-0.2, 0) is 4.79 Å². The highest BCUT2D eigenvalue weighted by atomic mass is 35.5. The van der Waals surface area contributed by atoms with Crippen molar-refractivity contribution < 1.29 is 14.3 Å². The molecule has 1 aromatic heterocycles. The quantitative estimate of drug-likeness (QED) is 0.274. The Balaban J connectivity index is 1.32. The van der Waals surface area contributed by atoms with E-state index in [-0.39, 0.29) is 17.7 Å². The fourth-order valence-corrected chi connectivity index (χ4v) is 4.98. The van der Waals surface area contributed by atoms with Crippen molar-refractivity contribution in [2.75, 3.05) is 12.4 Å². The van der Waals surface area contributed by atoms with Crippen LogP contribution in [0.5, 0.6) is 11.5 Å². The van der Waals surface area contributed by atoms with Gasteiger partial charge in [0.05, 0.1) is 11.8 Å². The van der Waals surface area contributed by atoms with Crippen LogP contribution in [0.15, 0.2) is 78.0 Å². The molecule has 0 saturated carbocycles. The molecule has 10 heteroatoms. The molecule has 1 N–H and O–H groups in total. The fraction of sp³-hybridized carbons (Fsp3) is 0.192. The molecule has 0 unspecified atom stereocenters. The van der Waals surface area contributed by atoms with Crippen LogP contribution < -0.4 is 14.8 Å². The van der Waals surface area contributed by atoms with Crippen molar-refractivity contribution in [1.29, 1.82) is 0 Å². The molecule has 0 fully saturated rings. The minimum atomic E-state index is -0.404. The molecule has 3 aromatic carbocycles. The van der Waals surface area contributed by atoms with Crippen LogP contribution >= 0.6 is 35.0 Å². The van der Waals surface area contributed by atoms with Crippen molar-refractivity contribution in [2.45, 2.75) is 24.2 Å². The summed E-state index contributed by atoms with van der Waals surface area (Å²) in [4.78, 5) is 12.8. The third-order valence-corrected chi connectivity index (χ3v) is 7.00. The van der Waals surface area contributed by atoms with Gasteiger partial charge in [-0.3, -0.25) is 9.36 Å². The molecule has 7 nitrogen and oxygen atoms in total. The number of hydrogen-bond acceptors (Lipinski definition) is 6. The zero-order chi connectivity index (χ0) is 25.1. The van der Waals surface area contributed by atoms with E-state index in [9.17, 15) is 4.79 Å². The van der Waals surface area contributed by atoms with Crippen molar-refractivity contribution in [3.63, 3.8) is 0 Å². The number of nitrogens with one attached hydrogen (secondary N) is 1. The first-order valence-electron chi connectivity index (χ1n) is 11.3. The van der Waals surface area contributed by atoms with Crippen molar-refractivity contribution in [1.82, 2.24) is 20.1 Å². The Labute approximate surface area is 222 Å². The number of carbonyl (C=O) groups excluding carboxylic acids is 1. The van der Waals surface area contributed by atoms with Gasteiger partial charge in [-0.25, -0.2) is 0 Å². The maximum atomic E-state index is 12.8. The number of rotatable bonds is 8. The molecule has 1 aliphatic rings. The zero-order valence-electron chi connectivity index (χ0n) is 19.2. The predicted molar refractivity (Wildman–Crippen MR) is 140 cm³/mol. The lowest BCUT2D eigenvalue weighted by Crippen LogP contribution is -2.30. The van der Waals surface area contributed by atoms with Gasteiger partial charge in [-0.2, -0.15) is 0 Å². The summed E-state index contributed by atoms with van der Waals surface area (Å²) >= 11 is 13.4. The van der Waals surface area contributed by atoms with Crippen LogP contribution in [0.25, 0.3) is 5.69 Å². The van der Waals surface area contributed by atoms with E-state index in [4.69, 9.17) is 32.7 Å². The molecule has 2 atom stereocenters. The van der Waals surface area contributed by atoms with Gasteiger partial charge in [0.2, 0.25) is 5.91 Å². The van der Waals surface area contributed by atoms with E-state index in [1.165, 1.54) is 11.8 Å². The monoisotopic (exact) mass is 540 g/mol. The first-order valence-corrected chi connectivity index (χ1v) is 13.0. The molecule has 0 radical (unpaired) electrons. The second-order valence-corrected chi connectivity index (χ2v) is 9.94. The molecule has 0 saturated heterocycles. The zero-order valence-corrected chi connectivity index (χ0v) is 21.6. The maximum absolute atomic E-state index is 12.8. The van der Waals surface area contributed by atoms with Gasteiger partial charge < -0.3 is 14.8 Å². The molecular formula is C26H22Cl2N4O3S. The Kier molecular flexibility index (Phi) is 7.36. The largest absolute Gasteiger partial charge is 0.491 e. The van der Waals surface area contributed by atoms with Gasteiger partial charge in [0.1, 0.15) is 18.1 Å². The highest BCUT2D eigenvalue weighted by molar-refractivity contribution is 7.99. The van der Waals surface area contributed by atoms with Crippen LogP contribution in [0.1, 0.15) is 30.5 Å². The number of hydrogen-bond donors (Lipinski definition) is 1. The molecule has 0 aliphatic carbocycles. The van der Waals surface area contributed by atoms with Gasteiger partial charge in [0, 0.05) is 21.3 Å². The number of carbonyl (C=O) groups is 1. The average Bonchev–Trinajstić information content (AvgIpc) is 3.49. The summed E-state index contributed by atoms with van der Waals surface area (Å²) in [5, 5.41) is 13.6. The third-order valence-electron chi connectivity index (χ3n) is 5.58. The van der Waals surface area contributed by atoms with Crippen LogP contribution in [-0.4, -0.2) is 33.0 Å². The molecular weight excluding hydrogens is 519 g/mol. The smallest absolute Gasteiger partial charge is 0.231 e. The topological polar surface area (TPSA) is 78.3 Å². The van der Waals surface area contributed by atoms with Crippen LogP contribution in [0.3, 0.4) is 0 Å². The number of ether oxygens (including phenoxy) is 2. The molecule has 0 bridgehead atoms. The minimum absolute atomic E-state index is 0.143. The van der Waals surface area contributed by atoms with E-state index in [1.807, 2.05) is 54.0 Å². The first-order chi connectivity index (χ1) is 17.5. The number of amides is 1. The molecule has 2 heterocycles. The number of benzene rings is 3. The van der Waals surface area contributed by atoms with Crippen molar-refractivity contribution in [3.8, 4) is 17.2 Å². The Hall–Kier alpha value is -3.20. The molecule has 5 rings (SSSR count). The van der Waals surface area contributed by atoms with Crippen LogP contribution in [0, 0.1) is 0 Å². The molecule has 1 amide bonds. The lowest BCUT2D eigenvalue weighted by atomic mass is 10.1. The van der Waals surface area contributed by atoms with Gasteiger partial charge in [-0.05, 0) is 61.5 Å². The second kappa shape index (κ2) is 10.8. The fourth-order valence-electron chi connectivity index (χ4n) is 3.90. The minimum Gasteiger partial charge on any atom is -0.491 e. The summed E-state index contributed by atoms with van der Waals surface area (Å²) in [6.07, 6.45) is -0.404. The molecule has 0 spiro atoms. The van der Waals surface area contributed by atoms with Crippen molar-refractivity contribution in [2.24, 2.45) is 0 Å². The van der Waals surface area contributed by atoms with Gasteiger partial charge >= 0.3 is 0 Å². The molecule has 1 aliphatic heterocycles. The average molecular weight is 541 g/mol. The summed E-state index contributed by atoms with van der Waals surface area (Å²) in [5.41, 5.74) is 1.75. The van der Waals surface area contributed by atoms with Gasteiger partial charge in [-0.15, -0.1) is 10.2 Å². The molecule has 4 aromatic rings. The van der Waals surface area contributed by atoms with Gasteiger partial charge in [0.15, 0.2) is 17.1 Å². The van der Waals surface area contributed by atoms with E-state index in [0.717, 1.165) is 17.0 Å². The van der Waals surface area contributed by atoms with Gasteiger partial charge in [0.25, 0.3) is 0 Å². The Bertz CT molecular complexity index is 1370. The normalized spacial score (nSPS) is 15.1. The summed E-state index contributed by atoms with van der Waals surface area (Å²) in [7, 11) is 0. The summed E-state index contributed by atoms with van der Waals surface area (Å²) in [5.74, 6) is 2.04. The Morgan fingerprint density at radius 1 is 1.11 bits per heavy atom. The van der Waals surface area contributed by atoms with E-state index in [1.54, 1.807) is 30.3 Å². The molecule has 36 heavy (non-hydrogen) atoms. The summed E-state index contributed by atoms with van der Waals surface area (Å²) < 4.78 is 13.7. The number of para-hydroxylation sites is 1. The Morgan fingerprint density at radius 2 is 1.86 bits per heavy atom. The number of fused-ring (bicyclic) bond motifs is 1. The highest BCUT2D eigenvalue weighted by Gasteiger charge is 2.27. The lowest BCUT2D eigenvalue weighted by Gasteiger charge is -2.17. The number of nitrogens with zero attached hydrogens (tertiary/aromatic N) is 3. The second-order valence-electron chi connectivity index (χ2n) is 8.13. The van der Waals surface area contributed by atoms with E-state index >= 15 is 0 Å². The first kappa shape index (κ1) is 24.5. The lowest BCUT2D eigenvalue weighted by molar-refractivity contribution is -0.119. The highest BCUT2D eigenvalue weighted by Crippen LogP contribution is 2.34. The number of thioether (sulfide) groups is 1. The number of halogens is 2. The standard InChI is InChI=1S/C26H22Cl2N4O3S/c1-16(35-20-10-7-17(27)8-11-20)25-30-31-26(32(25)19-5-3-2-4-6-19)36-15-24(33)29-22-14-34-23-12-9-18(28)13-21(22)23/h2-13,16,22H,14-15H2,1H3,(H,29,33)/t16-,22+/m1/s1. The third kappa shape index (κ3) is 5.46. The summed E-state index contributed by atoms with van der Waals surface area (Å²) in [6.45, 7) is 2.28. The van der Waals surface area contributed by atoms with Crippen molar-refractivity contribution in [3.05, 3.63) is 94.2 Å². The molecule has 184 valence electrons. The van der Waals surface area contributed by atoms with Crippen molar-refractivity contribution >= 4 is 40.9 Å². The number of aromatic nitrogens is 3. The van der Waals surface area contributed by atoms with Crippen LogP contribution in [0.4, 0.5) is 0 Å². The SMILES string of the molecule is C[C@@H](Oc1ccc(Cl)cc1)c1nnc(SCC(=O)N[C@H]2COc3ccc(Cl)cc32)n1-c1ccccc1. The van der Waals surface area contributed by atoms with E-state index in [0.29, 0.717) is 33.4 Å². The Morgan fingerprint density at radius 3 is 2.64 bits per heavy atom. The van der Waals surface area contributed by atoms with E-state index in [2.05, 4.69) is 15.5 Å². The maximum Gasteiger partial charge on any atom is 0.231 e. The van der Waals surface area contributed by atoms with E-state index < -0.39 is 6.10 Å². The predicted octanol–water partition coefficient (Wildman–Crippen LogP) is 6.06.